The van der Waals surface area contributed by atoms with Crippen LogP contribution in [0.15, 0.2) is 73.3 Å². The van der Waals surface area contributed by atoms with Crippen molar-refractivity contribution in [2.75, 3.05) is 18.6 Å². The van der Waals surface area contributed by atoms with E-state index in [0.717, 1.165) is 10.9 Å². The first-order valence-corrected chi connectivity index (χ1v) is 26.2. The second kappa shape index (κ2) is 29.9. The number of fused-ring (bicyclic) bond motifs is 1. The Kier molecular flexibility index (Phi) is 23.9. The third kappa shape index (κ3) is 19.5. The maximum atomic E-state index is 14.2. The highest BCUT2D eigenvalue weighted by Gasteiger charge is 2.34. The van der Waals surface area contributed by atoms with Crippen LogP contribution in [-0.4, -0.2) is 141 Å². The lowest BCUT2D eigenvalue weighted by Gasteiger charge is -2.27. The van der Waals surface area contributed by atoms with Gasteiger partial charge in [-0.05, 0) is 60.8 Å². The molecule has 2 aromatic carbocycles. The summed E-state index contributed by atoms with van der Waals surface area (Å²) in [5.74, 6) is -7.72. The second-order valence-electron chi connectivity index (χ2n) is 19.2. The summed E-state index contributed by atoms with van der Waals surface area (Å²) in [5.41, 5.74) is 19.2. The van der Waals surface area contributed by atoms with Crippen molar-refractivity contribution in [2.45, 2.75) is 121 Å². The number of rotatable bonds is 31. The van der Waals surface area contributed by atoms with Gasteiger partial charge in [0, 0.05) is 48.3 Å². The number of para-hydroxylation sites is 1. The average Bonchev–Trinajstić information content (AvgIpc) is 4.04. The fourth-order valence-corrected chi connectivity index (χ4v) is 8.43. The van der Waals surface area contributed by atoms with Crippen molar-refractivity contribution >= 4 is 81.7 Å². The number of amides is 10. The minimum absolute atomic E-state index is 0.0256. The monoisotopic (exact) mass is 1070 g/mol. The van der Waals surface area contributed by atoms with Gasteiger partial charge in [0.05, 0.1) is 25.3 Å². The summed E-state index contributed by atoms with van der Waals surface area (Å²) in [6, 6.07) is 6.18. The molecular formula is C51H72N14O10S. The van der Waals surface area contributed by atoms with E-state index < -0.39 is 126 Å². The fourth-order valence-electron chi connectivity index (χ4n) is 7.96. The zero-order valence-corrected chi connectivity index (χ0v) is 44.3. The number of hydrogen-bond donors (Lipinski definition) is 13. The third-order valence-corrected chi connectivity index (χ3v) is 12.7. The minimum atomic E-state index is -1.36. The van der Waals surface area contributed by atoms with E-state index in [1.807, 2.05) is 38.3 Å². The Balaban J connectivity index is 1.46. The molecule has 0 aliphatic heterocycles. The number of hydrogen-bond acceptors (Lipinski definition) is 13. The van der Waals surface area contributed by atoms with Crippen LogP contribution >= 0.6 is 11.8 Å². The molecule has 8 atom stereocenters. The molecule has 0 aliphatic carbocycles. The van der Waals surface area contributed by atoms with E-state index in [0.29, 0.717) is 22.6 Å². The number of H-pyrrole nitrogens is 2. The molecule has 0 saturated carbocycles. The van der Waals surface area contributed by atoms with Crippen LogP contribution in [0.3, 0.4) is 0 Å². The van der Waals surface area contributed by atoms with Crippen LogP contribution in [0.2, 0.25) is 0 Å². The molecule has 2 aromatic heterocycles. The number of imidazole rings is 1. The Hall–Kier alpha value is -7.80. The summed E-state index contributed by atoms with van der Waals surface area (Å²) in [6.07, 6.45) is 6.16. The van der Waals surface area contributed by atoms with Crippen molar-refractivity contribution in [2.24, 2.45) is 29.0 Å². The highest BCUT2D eigenvalue weighted by atomic mass is 32.2. The number of aromatic amines is 2. The average molecular weight is 1070 g/mol. The van der Waals surface area contributed by atoms with Crippen molar-refractivity contribution in [1.29, 1.82) is 0 Å². The smallest absolute Gasteiger partial charge is 0.243 e. The van der Waals surface area contributed by atoms with Crippen LogP contribution < -0.4 is 59.7 Å². The number of nitrogens with one attached hydrogen (secondary N) is 10. The molecule has 24 nitrogen and oxygen atoms in total. The molecule has 16 N–H and O–H groups in total. The number of aromatic nitrogens is 3. The quantitative estimate of drug-likeness (QED) is 0.0276. The summed E-state index contributed by atoms with van der Waals surface area (Å²) in [7, 11) is 0. The summed E-state index contributed by atoms with van der Waals surface area (Å²) < 4.78 is 0. The van der Waals surface area contributed by atoms with Crippen LogP contribution in [-0.2, 0) is 67.2 Å². The Bertz CT molecular complexity index is 2630. The Morgan fingerprint density at radius 2 is 1.22 bits per heavy atom. The SMILES string of the molecule is CSCC[C@H](NC(=O)[C@H](CC(C)C)NC(=O)[C@H](Cc1cnc[nH]1)NC(=O)CNC(=O)[C@@H](NC(=O)[C@H](C)NC(=O)[C@H](Cc1c[nH]c2ccccc12)NC(=O)[C@@H](Cc1ccccc1)NC(=O)[C@@H](N)CC(N)=O)C(C)C)C(N)=O. The zero-order chi connectivity index (χ0) is 56.1. The number of nitrogens with two attached hydrogens (primary N) is 3. The lowest BCUT2D eigenvalue weighted by Crippen LogP contribution is -2.60. The van der Waals surface area contributed by atoms with Crippen LogP contribution in [0.5, 0.6) is 0 Å². The van der Waals surface area contributed by atoms with Crippen molar-refractivity contribution < 1.29 is 47.9 Å². The van der Waals surface area contributed by atoms with Crippen LogP contribution in [0.25, 0.3) is 10.9 Å². The molecule has 0 radical (unpaired) electrons. The van der Waals surface area contributed by atoms with Crippen molar-refractivity contribution in [3.05, 3.63) is 90.1 Å². The molecule has 4 rings (SSSR count). The van der Waals surface area contributed by atoms with Gasteiger partial charge in [-0.25, -0.2) is 4.98 Å². The molecule has 10 amide bonds. The number of carbonyl (C=O) groups excluding carboxylic acids is 10. The Labute approximate surface area is 444 Å². The minimum Gasteiger partial charge on any atom is -0.370 e. The summed E-state index contributed by atoms with van der Waals surface area (Å²) in [6.45, 7) is 7.72. The summed E-state index contributed by atoms with van der Waals surface area (Å²) in [5, 5.41) is 21.8. The topological polar surface area (TPSA) is 389 Å². The van der Waals surface area contributed by atoms with E-state index in [-0.39, 0.29) is 38.0 Å². The molecule has 4 aromatic rings. The van der Waals surface area contributed by atoms with Gasteiger partial charge in [0.25, 0.3) is 0 Å². The van der Waals surface area contributed by atoms with Crippen LogP contribution in [0.4, 0.5) is 0 Å². The van der Waals surface area contributed by atoms with Crippen LogP contribution in [0.1, 0.15) is 70.7 Å². The number of carbonyl (C=O) groups is 10. The molecular weight excluding hydrogens is 1000 g/mol. The molecule has 0 unspecified atom stereocenters. The molecule has 0 spiro atoms. The van der Waals surface area contributed by atoms with Crippen molar-refractivity contribution in [3.8, 4) is 0 Å². The maximum absolute atomic E-state index is 14.2. The first-order chi connectivity index (χ1) is 36.1. The van der Waals surface area contributed by atoms with Gasteiger partial charge in [0.1, 0.15) is 42.3 Å². The van der Waals surface area contributed by atoms with E-state index in [9.17, 15) is 47.9 Å². The van der Waals surface area contributed by atoms with Gasteiger partial charge in [-0.15, -0.1) is 0 Å². The molecule has 0 bridgehead atoms. The van der Waals surface area contributed by atoms with E-state index >= 15 is 0 Å². The van der Waals surface area contributed by atoms with Gasteiger partial charge in [0.15, 0.2) is 0 Å². The molecule has 0 fully saturated rings. The molecule has 0 saturated heterocycles. The van der Waals surface area contributed by atoms with E-state index in [1.54, 1.807) is 56.4 Å². The predicted molar refractivity (Wildman–Crippen MR) is 285 cm³/mol. The fraction of sp³-hybridized carbons (Fsp3) is 0.471. The van der Waals surface area contributed by atoms with E-state index in [1.165, 1.54) is 31.2 Å². The first kappa shape index (κ1) is 60.8. The summed E-state index contributed by atoms with van der Waals surface area (Å²) in [4.78, 5) is 143. The van der Waals surface area contributed by atoms with Gasteiger partial charge in [-0.1, -0.05) is 76.2 Å². The first-order valence-electron chi connectivity index (χ1n) is 24.8. The molecule has 76 heavy (non-hydrogen) atoms. The largest absolute Gasteiger partial charge is 0.370 e. The van der Waals surface area contributed by atoms with Crippen molar-refractivity contribution in [1.82, 2.24) is 57.5 Å². The lowest BCUT2D eigenvalue weighted by molar-refractivity contribution is -0.135. The van der Waals surface area contributed by atoms with E-state index in [4.69, 9.17) is 17.2 Å². The Morgan fingerprint density at radius 3 is 1.84 bits per heavy atom. The van der Waals surface area contributed by atoms with Crippen molar-refractivity contribution in [3.63, 3.8) is 0 Å². The number of benzene rings is 2. The van der Waals surface area contributed by atoms with Gasteiger partial charge in [0.2, 0.25) is 59.1 Å². The number of nitrogens with zero attached hydrogens (tertiary/aromatic N) is 1. The second-order valence-corrected chi connectivity index (χ2v) is 20.2. The van der Waals surface area contributed by atoms with Gasteiger partial charge in [-0.2, -0.15) is 11.8 Å². The predicted octanol–water partition coefficient (Wildman–Crippen LogP) is -1.41. The van der Waals surface area contributed by atoms with Crippen LogP contribution in [0, 0.1) is 11.8 Å². The molecule has 25 heteroatoms. The number of thioether (sulfide) groups is 1. The van der Waals surface area contributed by atoms with E-state index in [2.05, 4.69) is 57.5 Å². The lowest BCUT2D eigenvalue weighted by atomic mass is 10.0. The maximum Gasteiger partial charge on any atom is 0.243 e. The standard InChI is InChI=1S/C51H72N14O10S/c1-27(2)18-37(48(72)61-36(44(54)68)16-17-76-6)63-50(74)40(21-32-24-55-26-58-32)60-42(67)25-57-51(75)43(28(3)4)65-45(69)29(5)59-47(71)39(20-31-23-56-35-15-11-10-14-33(31)35)64-49(73)38(19-30-12-8-7-9-13-30)62-46(70)34(52)22-41(53)66/h7-15,23-24,26-29,34,36-40,43,56H,16-22,25,52H2,1-6H3,(H2,53,66)(H2,54,68)(H,55,58)(H,57,75)(H,59,71)(H,60,67)(H,61,72)(H,62,70)(H,63,74)(H,64,73)(H,65,69)/t29-,34-,36-,37-,38+,39-,40-,43-/m0/s1. The Morgan fingerprint density at radius 1 is 0.632 bits per heavy atom. The molecule has 0 aliphatic rings. The highest BCUT2D eigenvalue weighted by molar-refractivity contribution is 7.98. The van der Waals surface area contributed by atoms with Gasteiger partial charge >= 0.3 is 0 Å². The molecule has 2 heterocycles. The summed E-state index contributed by atoms with van der Waals surface area (Å²) >= 11 is 1.47. The number of primary amides is 2. The highest BCUT2D eigenvalue weighted by Crippen LogP contribution is 2.20. The zero-order valence-electron chi connectivity index (χ0n) is 43.5. The van der Waals surface area contributed by atoms with Gasteiger partial charge in [-0.3, -0.25) is 47.9 Å². The normalized spacial score (nSPS) is 14.4. The van der Waals surface area contributed by atoms with Gasteiger partial charge < -0.3 is 69.7 Å². The molecule has 412 valence electrons. The third-order valence-electron chi connectivity index (χ3n) is 12.1.